The molecule has 3 atom stereocenters. The molecule has 0 bridgehead atoms. The molecule has 2 amide bonds. The van der Waals surface area contributed by atoms with E-state index in [2.05, 4.69) is 5.32 Å². The Morgan fingerprint density at radius 2 is 1.73 bits per heavy atom. The van der Waals surface area contributed by atoms with Crippen LogP contribution in [0.3, 0.4) is 0 Å². The number of nitrogens with one attached hydrogen (secondary N) is 1. The molecule has 2 fully saturated rings. The lowest BCUT2D eigenvalue weighted by molar-refractivity contribution is -0.156. The molecule has 3 rings (SSSR count). The van der Waals surface area contributed by atoms with E-state index in [1.54, 1.807) is 32.6 Å². The van der Waals surface area contributed by atoms with Crippen molar-refractivity contribution in [3.05, 3.63) is 35.9 Å². The van der Waals surface area contributed by atoms with Crippen LogP contribution in [0.4, 0.5) is 4.79 Å². The number of esters is 1. The first-order valence-corrected chi connectivity index (χ1v) is 14.0. The van der Waals surface area contributed by atoms with E-state index in [1.165, 1.54) is 0 Å². The molecule has 2 heterocycles. The fraction of sp³-hybridized carbons (Fsp3) is 0.690. The molecule has 0 aromatic heterocycles. The zero-order chi connectivity index (χ0) is 29.9. The van der Waals surface area contributed by atoms with Crippen LogP contribution in [-0.2, 0) is 35.0 Å². The highest BCUT2D eigenvalue weighted by Crippen LogP contribution is 2.39. The number of carbonyl (C=O) groups is 3. The van der Waals surface area contributed by atoms with Crippen molar-refractivity contribution < 1.29 is 33.2 Å². The summed E-state index contributed by atoms with van der Waals surface area (Å²) in [5.74, 6) is -1.03. The summed E-state index contributed by atoms with van der Waals surface area (Å²) < 4.78 is 23.2. The molecule has 1 aromatic carbocycles. The van der Waals surface area contributed by atoms with Gasteiger partial charge in [0.25, 0.3) is 0 Å². The van der Waals surface area contributed by atoms with Gasteiger partial charge in [-0.15, -0.1) is 0 Å². The first kappa shape index (κ1) is 31.9. The van der Waals surface area contributed by atoms with Crippen molar-refractivity contribution in [1.82, 2.24) is 10.2 Å². The molecule has 0 aliphatic carbocycles. The third-order valence-electron chi connectivity index (χ3n) is 7.75. The summed E-state index contributed by atoms with van der Waals surface area (Å²) in [5.41, 5.74) is 4.53. The highest BCUT2D eigenvalue weighted by atomic mass is 16.7. The minimum Gasteiger partial charge on any atom is -0.459 e. The van der Waals surface area contributed by atoms with Gasteiger partial charge in [0, 0.05) is 13.1 Å². The van der Waals surface area contributed by atoms with Crippen LogP contribution in [0.2, 0.25) is 6.32 Å². The first-order valence-electron chi connectivity index (χ1n) is 14.0. The quantitative estimate of drug-likeness (QED) is 0.365. The Bertz CT molecular complexity index is 1040. The smallest absolute Gasteiger partial charge is 0.457 e. The molecular weight excluding hydrogens is 513 g/mol. The molecule has 1 aromatic rings. The molecule has 40 heavy (non-hydrogen) atoms. The van der Waals surface area contributed by atoms with E-state index in [1.807, 2.05) is 58.0 Å². The van der Waals surface area contributed by atoms with E-state index in [0.717, 1.165) is 5.56 Å². The molecule has 10 nitrogen and oxygen atoms in total. The van der Waals surface area contributed by atoms with Gasteiger partial charge in [0.05, 0.1) is 11.2 Å². The number of benzene rings is 1. The van der Waals surface area contributed by atoms with Gasteiger partial charge in [-0.05, 0) is 79.6 Å². The van der Waals surface area contributed by atoms with Crippen molar-refractivity contribution in [2.24, 2.45) is 11.7 Å². The summed E-state index contributed by atoms with van der Waals surface area (Å²) in [4.78, 5) is 40.6. The van der Waals surface area contributed by atoms with Crippen LogP contribution in [0, 0.1) is 5.92 Å². The number of alkyl carbamates (subject to hydrolysis) is 1. The van der Waals surface area contributed by atoms with Crippen molar-refractivity contribution in [1.29, 1.82) is 0 Å². The lowest BCUT2D eigenvalue weighted by atomic mass is 9.74. The van der Waals surface area contributed by atoms with Crippen molar-refractivity contribution in [2.75, 3.05) is 13.1 Å². The van der Waals surface area contributed by atoms with Gasteiger partial charge in [-0.1, -0.05) is 36.8 Å². The number of likely N-dealkylation sites (tertiary alicyclic amines) is 1. The minimum absolute atomic E-state index is 0.0210. The van der Waals surface area contributed by atoms with E-state index in [4.69, 9.17) is 24.5 Å². The van der Waals surface area contributed by atoms with Gasteiger partial charge in [0.1, 0.15) is 23.8 Å². The van der Waals surface area contributed by atoms with Crippen LogP contribution in [0.5, 0.6) is 0 Å². The first-order chi connectivity index (χ1) is 18.4. The summed E-state index contributed by atoms with van der Waals surface area (Å²) in [6.07, 6.45) is 0.862. The van der Waals surface area contributed by atoms with Crippen molar-refractivity contribution in [3.8, 4) is 0 Å². The van der Waals surface area contributed by atoms with Gasteiger partial charge in [-0.25, -0.2) is 9.59 Å². The number of carbonyl (C=O) groups excluding carboxylic acids is 3. The number of ether oxygens (including phenoxy) is 2. The van der Waals surface area contributed by atoms with E-state index in [9.17, 15) is 14.4 Å². The summed E-state index contributed by atoms with van der Waals surface area (Å²) in [6, 6.07) is 8.48. The number of nitrogens with zero attached hydrogens (tertiary/aromatic N) is 1. The van der Waals surface area contributed by atoms with Crippen molar-refractivity contribution >= 4 is 25.1 Å². The Labute approximate surface area is 238 Å². The number of hydrogen-bond donors (Lipinski definition) is 2. The van der Waals surface area contributed by atoms with Gasteiger partial charge in [-0.2, -0.15) is 0 Å². The third-order valence-corrected chi connectivity index (χ3v) is 7.75. The second-order valence-electron chi connectivity index (χ2n) is 13.1. The molecule has 222 valence electrons. The van der Waals surface area contributed by atoms with Crippen LogP contribution in [0.25, 0.3) is 0 Å². The number of nitrogens with two attached hydrogens (primary N) is 1. The van der Waals surface area contributed by atoms with Crippen LogP contribution in [-0.4, -0.2) is 71.5 Å². The van der Waals surface area contributed by atoms with E-state index in [0.29, 0.717) is 25.7 Å². The standard InChI is InChI=1S/C29H46BN3O7/c1-20(32-25(36)38-26(2,3)4)23(34)33-17-22(14-15-30-39-27(5,6)28(7,8)40-30)16-29(31,19-33)24(35)37-18-21-12-10-9-11-13-21/h9-13,20,22H,14-19,31H2,1-8H3,(H,32,36)/t20-,22-,29-/m0/s1. The van der Waals surface area contributed by atoms with Crippen LogP contribution in [0.15, 0.2) is 30.3 Å². The molecule has 0 spiro atoms. The molecular formula is C29H46BN3O7. The molecule has 2 aliphatic heterocycles. The number of amides is 2. The monoisotopic (exact) mass is 559 g/mol. The predicted octanol–water partition coefficient (Wildman–Crippen LogP) is 3.67. The lowest BCUT2D eigenvalue weighted by Gasteiger charge is -2.43. The number of rotatable bonds is 8. The van der Waals surface area contributed by atoms with Gasteiger partial charge in [0.2, 0.25) is 5.91 Å². The van der Waals surface area contributed by atoms with Crippen molar-refractivity contribution in [2.45, 2.75) is 110 Å². The Balaban J connectivity index is 1.72. The average Bonchev–Trinajstić information content (AvgIpc) is 3.05. The fourth-order valence-corrected chi connectivity index (χ4v) is 5.01. The molecule has 0 radical (unpaired) electrons. The molecule has 3 N–H and O–H groups in total. The molecule has 11 heteroatoms. The zero-order valence-electron chi connectivity index (χ0n) is 25.2. The maximum absolute atomic E-state index is 13.5. The Morgan fingerprint density at radius 3 is 2.30 bits per heavy atom. The summed E-state index contributed by atoms with van der Waals surface area (Å²) in [6.45, 7) is 15.3. The second kappa shape index (κ2) is 12.1. The summed E-state index contributed by atoms with van der Waals surface area (Å²) >= 11 is 0. The average molecular weight is 560 g/mol. The van der Waals surface area contributed by atoms with E-state index >= 15 is 0 Å². The van der Waals surface area contributed by atoms with Crippen LogP contribution >= 0.6 is 0 Å². The molecule has 0 saturated carbocycles. The lowest BCUT2D eigenvalue weighted by Crippen LogP contribution is -2.64. The summed E-state index contributed by atoms with van der Waals surface area (Å²) in [5, 5.41) is 2.60. The van der Waals surface area contributed by atoms with Gasteiger partial charge in [0.15, 0.2) is 0 Å². The highest BCUT2D eigenvalue weighted by Gasteiger charge is 2.51. The molecule has 0 unspecified atom stereocenters. The maximum atomic E-state index is 13.5. The Kier molecular flexibility index (Phi) is 9.64. The van der Waals surface area contributed by atoms with Gasteiger partial charge in [-0.3, -0.25) is 4.79 Å². The highest BCUT2D eigenvalue weighted by molar-refractivity contribution is 6.45. The van der Waals surface area contributed by atoms with E-state index in [-0.39, 0.29) is 25.0 Å². The largest absolute Gasteiger partial charge is 0.459 e. The SMILES string of the molecule is C[C@H](NC(=O)OC(C)(C)C)C(=O)N1C[C@@H](CCB2OC(C)(C)C(C)(C)O2)C[C@@](N)(C(=O)OCc2ccccc2)C1. The molecule has 2 aliphatic rings. The normalized spacial score (nSPS) is 24.8. The minimum atomic E-state index is -1.41. The van der Waals surface area contributed by atoms with Crippen LogP contribution < -0.4 is 11.1 Å². The summed E-state index contributed by atoms with van der Waals surface area (Å²) in [7, 11) is -0.402. The third kappa shape index (κ3) is 8.21. The second-order valence-corrected chi connectivity index (χ2v) is 13.1. The fourth-order valence-electron chi connectivity index (χ4n) is 5.01. The van der Waals surface area contributed by atoms with E-state index < -0.39 is 47.6 Å². The number of hydrogen-bond acceptors (Lipinski definition) is 8. The van der Waals surface area contributed by atoms with Crippen molar-refractivity contribution in [3.63, 3.8) is 0 Å². The zero-order valence-corrected chi connectivity index (χ0v) is 25.2. The topological polar surface area (TPSA) is 129 Å². The predicted molar refractivity (Wildman–Crippen MR) is 152 cm³/mol. The van der Waals surface area contributed by atoms with Gasteiger partial charge >= 0.3 is 19.2 Å². The van der Waals surface area contributed by atoms with Gasteiger partial charge < -0.3 is 34.7 Å². The number of piperidine rings is 1. The van der Waals surface area contributed by atoms with Crippen LogP contribution in [0.1, 0.15) is 73.8 Å². The molecule has 2 saturated heterocycles. The Hall–Kier alpha value is -2.63. The maximum Gasteiger partial charge on any atom is 0.457 e. The Morgan fingerprint density at radius 1 is 1.12 bits per heavy atom.